The molecule has 0 rings (SSSR count). The van der Waals surface area contributed by atoms with Crippen molar-refractivity contribution in [3.8, 4) is 0 Å². The molecule has 0 unspecified atom stereocenters. The van der Waals surface area contributed by atoms with Crippen molar-refractivity contribution in [3.05, 3.63) is 0 Å². The van der Waals surface area contributed by atoms with Crippen LogP contribution >= 0.6 is 0 Å². The molecule has 14 heavy (non-hydrogen) atoms. The van der Waals surface area contributed by atoms with Gasteiger partial charge in [0.1, 0.15) is 11.1 Å². The summed E-state index contributed by atoms with van der Waals surface area (Å²) in [5.74, 6) is -2.84. The van der Waals surface area contributed by atoms with E-state index < -0.39 is 23.0 Å². The average Bonchev–Trinajstić information content (AvgIpc) is 2.01. The van der Waals surface area contributed by atoms with Gasteiger partial charge in [0, 0.05) is 0 Å². The number of aliphatic carboxylic acids is 2. The van der Waals surface area contributed by atoms with Gasteiger partial charge in [-0.1, -0.05) is 0 Å². The lowest BCUT2D eigenvalue weighted by Crippen LogP contribution is -2.44. The van der Waals surface area contributed by atoms with Crippen LogP contribution in [0.2, 0.25) is 0 Å². The molecule has 0 aromatic carbocycles. The standard InChI is InChI=1S/C8H14N2O4/c1-7(2,5(11)12)9-10-8(3,4)6(13)14/h1-4H3,(H,11,12)(H,13,14)/p-2. The van der Waals surface area contributed by atoms with E-state index >= 15 is 0 Å². The molecule has 0 N–H and O–H groups in total. The molecule has 0 bridgehead atoms. The molecular formula is C8H12N2O4-2. The van der Waals surface area contributed by atoms with Crippen molar-refractivity contribution in [1.29, 1.82) is 0 Å². The van der Waals surface area contributed by atoms with E-state index in [1.54, 1.807) is 0 Å². The highest BCUT2D eigenvalue weighted by Crippen LogP contribution is 2.14. The Morgan fingerprint density at radius 2 is 1.07 bits per heavy atom. The van der Waals surface area contributed by atoms with Crippen molar-refractivity contribution >= 4 is 11.9 Å². The minimum Gasteiger partial charge on any atom is -0.547 e. The SMILES string of the molecule is CC(C)(N=NC(C)(C)C(=O)[O-])C(=O)[O-]. The summed E-state index contributed by atoms with van der Waals surface area (Å²) in [6.07, 6.45) is 0. The number of rotatable bonds is 4. The van der Waals surface area contributed by atoms with Gasteiger partial charge in [-0.05, 0) is 27.7 Å². The van der Waals surface area contributed by atoms with Gasteiger partial charge in [0.25, 0.3) is 0 Å². The highest BCUT2D eigenvalue weighted by Gasteiger charge is 2.23. The Labute approximate surface area is 81.7 Å². The summed E-state index contributed by atoms with van der Waals surface area (Å²) in [5, 5.41) is 27.7. The van der Waals surface area contributed by atoms with Gasteiger partial charge in [0.15, 0.2) is 0 Å². The van der Waals surface area contributed by atoms with Crippen LogP contribution in [0.4, 0.5) is 0 Å². The summed E-state index contributed by atoms with van der Waals surface area (Å²) in [4.78, 5) is 21.0. The molecule has 0 aliphatic carbocycles. The van der Waals surface area contributed by atoms with Crippen LogP contribution in [0.3, 0.4) is 0 Å². The molecule has 0 fully saturated rings. The summed E-state index contributed by atoms with van der Waals surface area (Å²) in [7, 11) is 0. The van der Waals surface area contributed by atoms with Gasteiger partial charge < -0.3 is 19.8 Å². The van der Waals surface area contributed by atoms with Gasteiger partial charge in [-0.3, -0.25) is 0 Å². The lowest BCUT2D eigenvalue weighted by molar-refractivity contribution is -0.314. The van der Waals surface area contributed by atoms with E-state index in [1.807, 2.05) is 0 Å². The minimum atomic E-state index is -1.54. The molecule has 80 valence electrons. The Morgan fingerprint density at radius 3 is 1.21 bits per heavy atom. The van der Waals surface area contributed by atoms with Crippen LogP contribution in [0.15, 0.2) is 10.2 Å². The minimum absolute atomic E-state index is 1.26. The van der Waals surface area contributed by atoms with Gasteiger partial charge in [0.05, 0.1) is 11.9 Å². The molecule has 0 aromatic rings. The second-order valence-electron chi connectivity index (χ2n) is 3.89. The van der Waals surface area contributed by atoms with Crippen molar-refractivity contribution in [2.24, 2.45) is 10.2 Å². The van der Waals surface area contributed by atoms with E-state index in [9.17, 15) is 19.8 Å². The molecule has 0 amide bonds. The lowest BCUT2D eigenvalue weighted by Gasteiger charge is -2.24. The maximum atomic E-state index is 10.5. The summed E-state index contributed by atoms with van der Waals surface area (Å²) in [5.41, 5.74) is -3.07. The Kier molecular flexibility index (Phi) is 3.34. The fourth-order valence-corrected chi connectivity index (χ4v) is 0.332. The first kappa shape index (κ1) is 12.5. The molecule has 0 aliphatic rings. The number of carbonyl (C=O) groups excluding carboxylic acids is 2. The van der Waals surface area contributed by atoms with Gasteiger partial charge in [-0.2, -0.15) is 10.2 Å². The number of carboxylic acid groups (broad SMARTS) is 2. The number of carboxylic acids is 2. The maximum Gasteiger partial charge on any atom is 0.115 e. The lowest BCUT2D eigenvalue weighted by atomic mass is 10.1. The van der Waals surface area contributed by atoms with Crippen LogP contribution in [0.1, 0.15) is 27.7 Å². The molecule has 0 aromatic heterocycles. The van der Waals surface area contributed by atoms with Gasteiger partial charge in [-0.25, -0.2) is 0 Å². The van der Waals surface area contributed by atoms with Crippen molar-refractivity contribution in [2.75, 3.05) is 0 Å². The van der Waals surface area contributed by atoms with Gasteiger partial charge >= 0.3 is 0 Å². The number of azo groups is 1. The predicted molar refractivity (Wildman–Crippen MR) is 43.0 cm³/mol. The van der Waals surface area contributed by atoms with Crippen molar-refractivity contribution < 1.29 is 19.8 Å². The third-order valence-corrected chi connectivity index (χ3v) is 1.55. The number of hydrogen-bond acceptors (Lipinski definition) is 6. The fourth-order valence-electron chi connectivity index (χ4n) is 0.332. The smallest absolute Gasteiger partial charge is 0.115 e. The molecule has 0 heterocycles. The molecule has 0 saturated carbocycles. The monoisotopic (exact) mass is 200 g/mol. The van der Waals surface area contributed by atoms with Crippen molar-refractivity contribution in [2.45, 2.75) is 38.8 Å². The number of hydrogen-bond donors (Lipinski definition) is 0. The Morgan fingerprint density at radius 1 is 0.857 bits per heavy atom. The molecule has 0 spiro atoms. The van der Waals surface area contributed by atoms with E-state index in [-0.39, 0.29) is 0 Å². The molecule has 0 atom stereocenters. The molecular weight excluding hydrogens is 188 g/mol. The molecule has 0 radical (unpaired) electrons. The molecule has 6 nitrogen and oxygen atoms in total. The van der Waals surface area contributed by atoms with Crippen LogP contribution < -0.4 is 10.2 Å². The van der Waals surface area contributed by atoms with E-state index in [0.717, 1.165) is 0 Å². The highest BCUT2D eigenvalue weighted by atomic mass is 16.4. The van der Waals surface area contributed by atoms with Crippen molar-refractivity contribution in [3.63, 3.8) is 0 Å². The second-order valence-corrected chi connectivity index (χ2v) is 3.89. The summed E-state index contributed by atoms with van der Waals surface area (Å²) in [6, 6.07) is 0. The topological polar surface area (TPSA) is 105 Å². The average molecular weight is 200 g/mol. The number of nitrogens with zero attached hydrogens (tertiary/aromatic N) is 2. The zero-order chi connectivity index (χ0) is 11.6. The largest absolute Gasteiger partial charge is 0.547 e. The molecule has 6 heteroatoms. The predicted octanol–water partition coefficient (Wildman–Crippen LogP) is -1.50. The zero-order valence-electron chi connectivity index (χ0n) is 8.53. The fraction of sp³-hybridized carbons (Fsp3) is 0.750. The summed E-state index contributed by atoms with van der Waals surface area (Å²) >= 11 is 0. The van der Waals surface area contributed by atoms with E-state index in [2.05, 4.69) is 10.2 Å². The number of carbonyl (C=O) groups is 2. The van der Waals surface area contributed by atoms with Crippen LogP contribution in [-0.4, -0.2) is 23.0 Å². The van der Waals surface area contributed by atoms with Crippen LogP contribution in [0.5, 0.6) is 0 Å². The molecule has 0 aliphatic heterocycles. The first-order valence-corrected chi connectivity index (χ1v) is 3.96. The second kappa shape index (κ2) is 3.73. The quantitative estimate of drug-likeness (QED) is 0.514. The van der Waals surface area contributed by atoms with E-state index in [0.29, 0.717) is 0 Å². The Hall–Kier alpha value is -1.46. The first-order chi connectivity index (χ1) is 6.09. The molecule has 0 saturated heterocycles. The first-order valence-electron chi connectivity index (χ1n) is 3.96. The van der Waals surface area contributed by atoms with E-state index in [1.165, 1.54) is 27.7 Å². The maximum absolute atomic E-state index is 10.5. The van der Waals surface area contributed by atoms with Crippen LogP contribution in [0, 0.1) is 0 Å². The normalized spacial score (nSPS) is 13.1. The van der Waals surface area contributed by atoms with Crippen LogP contribution in [0.25, 0.3) is 0 Å². The van der Waals surface area contributed by atoms with Gasteiger partial charge in [0.2, 0.25) is 0 Å². The Bertz CT molecular complexity index is 253. The third kappa shape index (κ3) is 3.12. The van der Waals surface area contributed by atoms with Crippen LogP contribution in [-0.2, 0) is 9.59 Å². The Balaban J connectivity index is 4.76. The zero-order valence-corrected chi connectivity index (χ0v) is 8.53. The highest BCUT2D eigenvalue weighted by molar-refractivity contribution is 5.76. The summed E-state index contributed by atoms with van der Waals surface area (Å²) in [6.45, 7) is 5.04. The van der Waals surface area contributed by atoms with Crippen molar-refractivity contribution in [1.82, 2.24) is 0 Å². The third-order valence-electron chi connectivity index (χ3n) is 1.55. The van der Waals surface area contributed by atoms with Gasteiger partial charge in [-0.15, -0.1) is 0 Å². The van der Waals surface area contributed by atoms with E-state index in [4.69, 9.17) is 0 Å². The summed E-state index contributed by atoms with van der Waals surface area (Å²) < 4.78 is 0.